The topological polar surface area (TPSA) is 47.9 Å². The molecule has 0 fully saturated rings. The number of benzene rings is 1. The molecule has 0 spiro atoms. The highest BCUT2D eigenvalue weighted by atomic mass is 16.5. The highest BCUT2D eigenvalue weighted by Crippen LogP contribution is 2.16. The molecule has 0 amide bonds. The molecule has 0 atom stereocenters. The van der Waals surface area contributed by atoms with Crippen LogP contribution in [0.1, 0.15) is 6.42 Å². The van der Waals surface area contributed by atoms with Gasteiger partial charge in [0, 0.05) is 5.56 Å². The molecule has 2 aromatic rings. The minimum Gasteiger partial charge on any atom is -0.462 e. The van der Waals surface area contributed by atoms with E-state index in [-0.39, 0.29) is 0 Å². The van der Waals surface area contributed by atoms with Gasteiger partial charge in [0.2, 0.25) is 0 Å². The second kappa shape index (κ2) is 5.75. The van der Waals surface area contributed by atoms with E-state index in [1.54, 1.807) is 12.3 Å². The van der Waals surface area contributed by atoms with E-state index in [9.17, 15) is 0 Å². The molecular formula is C13H13N3O. The summed E-state index contributed by atoms with van der Waals surface area (Å²) in [6.45, 7) is 4.14. The van der Waals surface area contributed by atoms with Crippen LogP contribution in [0.15, 0.2) is 49.2 Å². The van der Waals surface area contributed by atoms with Gasteiger partial charge < -0.3 is 4.74 Å². The van der Waals surface area contributed by atoms with Crippen LogP contribution in [0.4, 0.5) is 0 Å². The Hall–Kier alpha value is -2.23. The summed E-state index contributed by atoms with van der Waals surface area (Å²) in [5, 5.41) is 7.70. The summed E-state index contributed by atoms with van der Waals surface area (Å²) in [4.78, 5) is 4.28. The molecule has 4 nitrogen and oxygen atoms in total. The number of ether oxygens (including phenoxy) is 1. The Morgan fingerprint density at radius 3 is 2.82 bits per heavy atom. The van der Waals surface area contributed by atoms with Crippen molar-refractivity contribution in [3.05, 3.63) is 49.2 Å². The first kappa shape index (κ1) is 11.3. The molecule has 17 heavy (non-hydrogen) atoms. The number of hydrogen-bond acceptors (Lipinski definition) is 4. The number of nitrogens with zero attached hydrogens (tertiary/aromatic N) is 3. The smallest absolute Gasteiger partial charge is 0.336 e. The van der Waals surface area contributed by atoms with Crippen LogP contribution in [-0.4, -0.2) is 21.8 Å². The van der Waals surface area contributed by atoms with Crippen molar-refractivity contribution in [2.24, 2.45) is 0 Å². The summed E-state index contributed by atoms with van der Waals surface area (Å²) in [6, 6.07) is 10.1. The van der Waals surface area contributed by atoms with Crippen LogP contribution in [0.3, 0.4) is 0 Å². The van der Waals surface area contributed by atoms with Gasteiger partial charge in [-0.15, -0.1) is 6.58 Å². The average Bonchev–Trinajstić information content (AvgIpc) is 2.41. The molecule has 1 aromatic heterocycles. The van der Waals surface area contributed by atoms with Gasteiger partial charge in [0.1, 0.15) is 0 Å². The maximum Gasteiger partial charge on any atom is 0.336 e. The van der Waals surface area contributed by atoms with E-state index in [4.69, 9.17) is 4.74 Å². The Bertz CT molecular complexity index is 485. The van der Waals surface area contributed by atoms with Crippen molar-refractivity contribution in [2.45, 2.75) is 6.42 Å². The van der Waals surface area contributed by atoms with E-state index < -0.39 is 0 Å². The van der Waals surface area contributed by atoms with Crippen LogP contribution in [-0.2, 0) is 0 Å². The molecule has 0 bridgehead atoms. The van der Waals surface area contributed by atoms with Gasteiger partial charge in [-0.2, -0.15) is 10.1 Å². The maximum absolute atomic E-state index is 5.35. The third kappa shape index (κ3) is 3.11. The fourth-order valence-corrected chi connectivity index (χ4v) is 1.33. The van der Waals surface area contributed by atoms with E-state index in [1.165, 1.54) is 0 Å². The molecular weight excluding hydrogens is 214 g/mol. The standard InChI is InChI=1S/C13H13N3O/c1-2-3-9-17-13-15-12(10-14-16-13)11-7-5-4-6-8-11/h2,4-8,10H,1,3,9H2. The lowest BCUT2D eigenvalue weighted by Gasteiger charge is -2.03. The SMILES string of the molecule is C=CCCOc1nncc(-c2ccccc2)n1. The van der Waals surface area contributed by atoms with Crippen LogP contribution in [0.5, 0.6) is 6.01 Å². The molecule has 86 valence electrons. The third-order valence-corrected chi connectivity index (χ3v) is 2.16. The van der Waals surface area contributed by atoms with Crippen molar-refractivity contribution in [3.63, 3.8) is 0 Å². The largest absolute Gasteiger partial charge is 0.462 e. The van der Waals surface area contributed by atoms with Gasteiger partial charge in [0.05, 0.1) is 18.5 Å². The van der Waals surface area contributed by atoms with Crippen molar-refractivity contribution in [1.82, 2.24) is 15.2 Å². The molecule has 0 aliphatic heterocycles. The quantitative estimate of drug-likeness (QED) is 0.581. The van der Waals surface area contributed by atoms with E-state index in [0.29, 0.717) is 12.6 Å². The lowest BCUT2D eigenvalue weighted by Crippen LogP contribution is -2.02. The van der Waals surface area contributed by atoms with Crippen LogP contribution < -0.4 is 4.74 Å². The summed E-state index contributed by atoms with van der Waals surface area (Å²) in [5.41, 5.74) is 1.75. The predicted molar refractivity (Wildman–Crippen MR) is 65.6 cm³/mol. The third-order valence-electron chi connectivity index (χ3n) is 2.16. The fourth-order valence-electron chi connectivity index (χ4n) is 1.33. The van der Waals surface area contributed by atoms with Crippen LogP contribution in [0.2, 0.25) is 0 Å². The first-order valence-electron chi connectivity index (χ1n) is 5.39. The van der Waals surface area contributed by atoms with Gasteiger partial charge in [-0.05, 0) is 6.42 Å². The van der Waals surface area contributed by atoms with Gasteiger partial charge in [0.15, 0.2) is 0 Å². The highest BCUT2D eigenvalue weighted by molar-refractivity contribution is 5.57. The Morgan fingerprint density at radius 1 is 1.24 bits per heavy atom. The van der Waals surface area contributed by atoms with Crippen molar-refractivity contribution in [1.29, 1.82) is 0 Å². The molecule has 0 saturated heterocycles. The Labute approximate surface area is 100.0 Å². The zero-order chi connectivity index (χ0) is 11.9. The maximum atomic E-state index is 5.35. The monoisotopic (exact) mass is 227 g/mol. The van der Waals surface area contributed by atoms with Crippen LogP contribution >= 0.6 is 0 Å². The van der Waals surface area contributed by atoms with Crippen molar-refractivity contribution < 1.29 is 4.74 Å². The minimum absolute atomic E-state index is 0.299. The highest BCUT2D eigenvalue weighted by Gasteiger charge is 2.03. The molecule has 0 radical (unpaired) electrons. The zero-order valence-electron chi connectivity index (χ0n) is 9.41. The van der Waals surface area contributed by atoms with E-state index in [2.05, 4.69) is 21.8 Å². The number of aromatic nitrogens is 3. The van der Waals surface area contributed by atoms with Crippen LogP contribution in [0.25, 0.3) is 11.3 Å². The van der Waals surface area contributed by atoms with E-state index in [1.807, 2.05) is 30.3 Å². The van der Waals surface area contributed by atoms with Gasteiger partial charge in [-0.25, -0.2) is 0 Å². The van der Waals surface area contributed by atoms with E-state index >= 15 is 0 Å². The molecule has 1 heterocycles. The first-order chi connectivity index (χ1) is 8.40. The second-order valence-corrected chi connectivity index (χ2v) is 3.42. The Morgan fingerprint density at radius 2 is 2.06 bits per heavy atom. The van der Waals surface area contributed by atoms with Crippen molar-refractivity contribution in [3.8, 4) is 17.3 Å². The normalized spacial score (nSPS) is 9.88. The first-order valence-corrected chi connectivity index (χ1v) is 5.39. The Balaban J connectivity index is 2.14. The second-order valence-electron chi connectivity index (χ2n) is 3.42. The van der Waals surface area contributed by atoms with Gasteiger partial charge in [-0.3, -0.25) is 0 Å². The minimum atomic E-state index is 0.299. The molecule has 1 aromatic carbocycles. The Kier molecular flexibility index (Phi) is 3.81. The van der Waals surface area contributed by atoms with Gasteiger partial charge in [0.25, 0.3) is 0 Å². The number of rotatable bonds is 5. The van der Waals surface area contributed by atoms with Gasteiger partial charge in [-0.1, -0.05) is 41.5 Å². The van der Waals surface area contributed by atoms with Crippen molar-refractivity contribution in [2.75, 3.05) is 6.61 Å². The summed E-state index contributed by atoms with van der Waals surface area (Å²) in [5.74, 6) is 0. The molecule has 0 aliphatic carbocycles. The summed E-state index contributed by atoms with van der Waals surface area (Å²) < 4.78 is 5.35. The molecule has 0 N–H and O–H groups in total. The lowest BCUT2D eigenvalue weighted by molar-refractivity contribution is 0.295. The fraction of sp³-hybridized carbons (Fsp3) is 0.154. The molecule has 0 saturated carbocycles. The van der Waals surface area contributed by atoms with E-state index in [0.717, 1.165) is 17.7 Å². The average molecular weight is 227 g/mol. The molecule has 4 heteroatoms. The van der Waals surface area contributed by atoms with Crippen LogP contribution in [0, 0.1) is 0 Å². The van der Waals surface area contributed by atoms with Crippen molar-refractivity contribution >= 4 is 0 Å². The number of hydrogen-bond donors (Lipinski definition) is 0. The molecule has 2 rings (SSSR count). The zero-order valence-corrected chi connectivity index (χ0v) is 9.41. The molecule has 0 aliphatic rings. The lowest BCUT2D eigenvalue weighted by atomic mass is 10.2. The summed E-state index contributed by atoms with van der Waals surface area (Å²) >= 11 is 0. The summed E-state index contributed by atoms with van der Waals surface area (Å²) in [6.07, 6.45) is 4.17. The predicted octanol–water partition coefficient (Wildman–Crippen LogP) is 2.49. The van der Waals surface area contributed by atoms with Gasteiger partial charge >= 0.3 is 6.01 Å². The molecule has 0 unspecified atom stereocenters. The summed E-state index contributed by atoms with van der Waals surface area (Å²) in [7, 11) is 0.